The van der Waals surface area contributed by atoms with Crippen LogP contribution in [0.5, 0.6) is 0 Å². The van der Waals surface area contributed by atoms with Crippen molar-refractivity contribution in [2.45, 2.75) is 26.2 Å². The quantitative estimate of drug-likeness (QED) is 0.623. The normalized spacial score (nSPS) is 14.8. The molecule has 92 valence electrons. The van der Waals surface area contributed by atoms with Crippen LogP contribution >= 0.6 is 0 Å². The van der Waals surface area contributed by atoms with Crippen molar-refractivity contribution in [1.29, 1.82) is 0 Å². The average Bonchev–Trinajstić information content (AvgIpc) is 3.00. The molecule has 0 aliphatic heterocycles. The van der Waals surface area contributed by atoms with Crippen LogP contribution in [0.1, 0.15) is 26.2 Å². The second kappa shape index (κ2) is 6.48. The minimum Gasteiger partial charge on any atom is -0.480 e. The molecule has 1 fully saturated rings. The lowest BCUT2D eigenvalue weighted by Crippen LogP contribution is -2.39. The summed E-state index contributed by atoms with van der Waals surface area (Å²) < 4.78 is 5.12. The molecule has 0 heterocycles. The predicted octanol–water partition coefficient (Wildman–Crippen LogP) is 0.736. The number of amides is 1. The number of carboxylic acid groups (broad SMARTS) is 1. The number of carbonyl (C=O) groups excluding carboxylic acids is 1. The van der Waals surface area contributed by atoms with E-state index in [4.69, 9.17) is 9.84 Å². The van der Waals surface area contributed by atoms with Gasteiger partial charge in [0.05, 0.1) is 0 Å². The van der Waals surface area contributed by atoms with Gasteiger partial charge in [-0.1, -0.05) is 6.92 Å². The molecule has 0 aromatic rings. The number of carboxylic acids is 1. The Bertz CT molecular complexity index is 250. The van der Waals surface area contributed by atoms with Gasteiger partial charge in [0.15, 0.2) is 0 Å². The Balaban J connectivity index is 2.33. The number of hydrogen-bond donors (Lipinski definition) is 1. The fourth-order valence-corrected chi connectivity index (χ4v) is 1.43. The van der Waals surface area contributed by atoms with E-state index in [0.29, 0.717) is 19.1 Å². The molecule has 16 heavy (non-hydrogen) atoms. The van der Waals surface area contributed by atoms with E-state index in [9.17, 15) is 9.59 Å². The van der Waals surface area contributed by atoms with Crippen LogP contribution in [-0.2, 0) is 14.3 Å². The molecular formula is C11H19NO4. The van der Waals surface area contributed by atoms with Crippen LogP contribution < -0.4 is 0 Å². The lowest BCUT2D eigenvalue weighted by Gasteiger charge is -2.20. The van der Waals surface area contributed by atoms with E-state index < -0.39 is 5.97 Å². The maximum absolute atomic E-state index is 11.7. The predicted molar refractivity (Wildman–Crippen MR) is 58.0 cm³/mol. The molecule has 0 radical (unpaired) electrons. The van der Waals surface area contributed by atoms with Gasteiger partial charge in [-0.3, -0.25) is 9.59 Å². The largest absolute Gasteiger partial charge is 0.480 e. The lowest BCUT2D eigenvalue weighted by molar-refractivity contribution is -0.146. The van der Waals surface area contributed by atoms with Gasteiger partial charge in [-0.2, -0.15) is 0 Å². The Morgan fingerprint density at radius 1 is 1.44 bits per heavy atom. The van der Waals surface area contributed by atoms with Crippen LogP contribution in [0, 0.1) is 5.92 Å². The highest BCUT2D eigenvalue weighted by molar-refractivity contribution is 5.82. The number of aliphatic carboxylic acids is 1. The monoisotopic (exact) mass is 229 g/mol. The summed E-state index contributed by atoms with van der Waals surface area (Å²) in [5.74, 6) is -0.693. The van der Waals surface area contributed by atoms with Crippen molar-refractivity contribution in [3.8, 4) is 0 Å². The highest BCUT2D eigenvalue weighted by atomic mass is 16.5. The Morgan fingerprint density at radius 2 is 2.12 bits per heavy atom. The van der Waals surface area contributed by atoms with Crippen molar-refractivity contribution < 1.29 is 19.4 Å². The zero-order chi connectivity index (χ0) is 12.0. The molecule has 1 N–H and O–H groups in total. The summed E-state index contributed by atoms with van der Waals surface area (Å²) >= 11 is 0. The first-order valence-electron chi connectivity index (χ1n) is 5.70. The standard InChI is InChI=1S/C11H19NO4/c1-2-5-16-8-10(13)12(7-11(14)15)6-9-3-4-9/h9H,2-8H2,1H3,(H,14,15). The number of rotatable bonds is 8. The minimum absolute atomic E-state index is 0.00611. The summed E-state index contributed by atoms with van der Waals surface area (Å²) in [4.78, 5) is 23.7. The van der Waals surface area contributed by atoms with Gasteiger partial charge in [0, 0.05) is 13.2 Å². The highest BCUT2D eigenvalue weighted by Gasteiger charge is 2.27. The Morgan fingerprint density at radius 3 is 2.62 bits per heavy atom. The maximum atomic E-state index is 11.7. The van der Waals surface area contributed by atoms with Crippen LogP contribution in [0.3, 0.4) is 0 Å². The minimum atomic E-state index is -0.968. The van der Waals surface area contributed by atoms with E-state index in [1.165, 1.54) is 4.90 Å². The third-order valence-electron chi connectivity index (χ3n) is 2.43. The van der Waals surface area contributed by atoms with E-state index in [-0.39, 0.29) is 19.1 Å². The van der Waals surface area contributed by atoms with E-state index >= 15 is 0 Å². The molecule has 1 rings (SSSR count). The highest BCUT2D eigenvalue weighted by Crippen LogP contribution is 2.29. The average molecular weight is 229 g/mol. The van der Waals surface area contributed by atoms with Crippen molar-refractivity contribution in [1.82, 2.24) is 4.90 Å². The van der Waals surface area contributed by atoms with Crippen molar-refractivity contribution >= 4 is 11.9 Å². The second-order valence-electron chi connectivity index (χ2n) is 4.16. The van der Waals surface area contributed by atoms with Crippen LogP contribution in [0.15, 0.2) is 0 Å². The Labute approximate surface area is 95.4 Å². The molecule has 0 spiro atoms. The zero-order valence-electron chi connectivity index (χ0n) is 9.65. The fourth-order valence-electron chi connectivity index (χ4n) is 1.43. The summed E-state index contributed by atoms with van der Waals surface area (Å²) in [6, 6.07) is 0. The topological polar surface area (TPSA) is 66.8 Å². The van der Waals surface area contributed by atoms with Gasteiger partial charge in [-0.15, -0.1) is 0 Å². The van der Waals surface area contributed by atoms with Gasteiger partial charge in [-0.25, -0.2) is 0 Å². The first-order valence-corrected chi connectivity index (χ1v) is 5.70. The van der Waals surface area contributed by atoms with Crippen molar-refractivity contribution in [2.75, 3.05) is 26.3 Å². The summed E-state index contributed by atoms with van der Waals surface area (Å²) in [6.07, 6.45) is 3.05. The molecule has 5 heteroatoms. The van der Waals surface area contributed by atoms with Gasteiger partial charge in [0.25, 0.3) is 0 Å². The van der Waals surface area contributed by atoms with Crippen LogP contribution in [0.25, 0.3) is 0 Å². The second-order valence-corrected chi connectivity index (χ2v) is 4.16. The molecule has 0 unspecified atom stereocenters. The molecular weight excluding hydrogens is 210 g/mol. The third-order valence-corrected chi connectivity index (χ3v) is 2.43. The molecule has 0 aromatic heterocycles. The zero-order valence-corrected chi connectivity index (χ0v) is 9.65. The Hall–Kier alpha value is -1.10. The van der Waals surface area contributed by atoms with E-state index in [0.717, 1.165) is 19.3 Å². The first-order chi connectivity index (χ1) is 7.63. The van der Waals surface area contributed by atoms with E-state index in [1.807, 2.05) is 6.92 Å². The molecule has 0 saturated heterocycles. The SMILES string of the molecule is CCCOCC(=O)N(CC(=O)O)CC1CC1. The molecule has 5 nitrogen and oxygen atoms in total. The number of carbonyl (C=O) groups is 2. The van der Waals surface area contributed by atoms with Gasteiger partial charge >= 0.3 is 5.97 Å². The molecule has 0 bridgehead atoms. The molecule has 0 aromatic carbocycles. The smallest absolute Gasteiger partial charge is 0.323 e. The van der Waals surface area contributed by atoms with E-state index in [2.05, 4.69) is 0 Å². The van der Waals surface area contributed by atoms with Crippen molar-refractivity contribution in [2.24, 2.45) is 5.92 Å². The van der Waals surface area contributed by atoms with Crippen LogP contribution in [-0.4, -0.2) is 48.2 Å². The fraction of sp³-hybridized carbons (Fsp3) is 0.818. The maximum Gasteiger partial charge on any atom is 0.323 e. The molecule has 1 amide bonds. The number of nitrogens with zero attached hydrogens (tertiary/aromatic N) is 1. The van der Waals surface area contributed by atoms with Crippen LogP contribution in [0.2, 0.25) is 0 Å². The van der Waals surface area contributed by atoms with Gasteiger partial charge in [0.1, 0.15) is 13.2 Å². The summed E-state index contributed by atoms with van der Waals surface area (Å²) in [5.41, 5.74) is 0. The van der Waals surface area contributed by atoms with Gasteiger partial charge in [0.2, 0.25) is 5.91 Å². The third kappa shape index (κ3) is 5.11. The summed E-state index contributed by atoms with van der Waals surface area (Å²) in [5, 5.41) is 8.70. The van der Waals surface area contributed by atoms with Crippen LogP contribution in [0.4, 0.5) is 0 Å². The number of hydrogen-bond acceptors (Lipinski definition) is 3. The van der Waals surface area contributed by atoms with Crippen molar-refractivity contribution in [3.05, 3.63) is 0 Å². The molecule has 1 aliphatic carbocycles. The molecule has 0 atom stereocenters. The van der Waals surface area contributed by atoms with Crippen molar-refractivity contribution in [3.63, 3.8) is 0 Å². The van der Waals surface area contributed by atoms with Gasteiger partial charge in [-0.05, 0) is 25.2 Å². The summed E-state index contributed by atoms with van der Waals surface area (Å²) in [7, 11) is 0. The number of ether oxygens (including phenoxy) is 1. The van der Waals surface area contributed by atoms with Gasteiger partial charge < -0.3 is 14.7 Å². The molecule has 1 aliphatic rings. The first kappa shape index (κ1) is 13.0. The summed E-state index contributed by atoms with van der Waals surface area (Å²) in [6.45, 7) is 2.83. The molecule has 1 saturated carbocycles. The Kier molecular flexibility index (Phi) is 5.25. The van der Waals surface area contributed by atoms with E-state index in [1.54, 1.807) is 0 Å². The lowest BCUT2D eigenvalue weighted by atomic mass is 10.3.